The molecule has 1 aliphatic heterocycles. The Hall–Kier alpha value is -1.95. The van der Waals surface area contributed by atoms with Gasteiger partial charge < -0.3 is 0 Å². The van der Waals surface area contributed by atoms with Crippen LogP contribution in [0.1, 0.15) is 37.0 Å². The average Bonchev–Trinajstić information content (AvgIpc) is 2.97. The number of urea groups is 1. The predicted octanol–water partition coefficient (Wildman–Crippen LogP) is 2.54. The van der Waals surface area contributed by atoms with Crippen molar-refractivity contribution in [1.82, 2.24) is 10.2 Å². The van der Waals surface area contributed by atoms with Gasteiger partial charge in [-0.2, -0.15) is 0 Å². The molecule has 110 valence electrons. The lowest BCUT2D eigenvalue weighted by atomic mass is 9.93. The van der Waals surface area contributed by atoms with Crippen molar-refractivity contribution in [2.75, 3.05) is 0 Å². The molecule has 2 heterocycles. The van der Waals surface area contributed by atoms with Gasteiger partial charge in [0.05, 0.1) is 0 Å². The lowest BCUT2D eigenvalue weighted by molar-refractivity contribution is -0.132. The first-order valence-corrected chi connectivity index (χ1v) is 7.99. The second-order valence-electron chi connectivity index (χ2n) is 5.30. The van der Waals surface area contributed by atoms with Crippen LogP contribution in [0.2, 0.25) is 0 Å². The lowest BCUT2D eigenvalue weighted by Crippen LogP contribution is -2.58. The van der Waals surface area contributed by atoms with E-state index in [0.717, 1.165) is 37.0 Å². The SMILES string of the molecule is O=C1NC(=O)N(C2CCCCC2)C(=O)C1=Cc1cccs1. The van der Waals surface area contributed by atoms with Gasteiger partial charge in [0, 0.05) is 10.9 Å². The number of hydrogen-bond donors (Lipinski definition) is 1. The highest BCUT2D eigenvalue weighted by molar-refractivity contribution is 7.10. The Balaban J connectivity index is 1.89. The molecule has 3 rings (SSSR count). The third kappa shape index (κ3) is 2.76. The normalized spacial score (nSPS) is 22.8. The van der Waals surface area contributed by atoms with Crippen molar-refractivity contribution in [2.45, 2.75) is 38.1 Å². The van der Waals surface area contributed by atoms with E-state index in [1.54, 1.807) is 6.08 Å². The Kier molecular flexibility index (Phi) is 3.88. The standard InChI is InChI=1S/C15H16N2O3S/c18-13-12(9-11-7-4-8-21-11)14(19)17(15(20)16-13)10-5-2-1-3-6-10/h4,7-10H,1-3,5-6H2,(H,16,18,20). The Labute approximate surface area is 126 Å². The van der Waals surface area contributed by atoms with Crippen molar-refractivity contribution < 1.29 is 14.4 Å². The van der Waals surface area contributed by atoms with E-state index in [1.165, 1.54) is 16.2 Å². The van der Waals surface area contributed by atoms with E-state index in [0.29, 0.717) is 0 Å². The minimum atomic E-state index is -0.606. The van der Waals surface area contributed by atoms with E-state index in [-0.39, 0.29) is 11.6 Å². The molecule has 1 aromatic heterocycles. The highest BCUT2D eigenvalue weighted by Gasteiger charge is 2.40. The number of nitrogens with zero attached hydrogens (tertiary/aromatic N) is 1. The van der Waals surface area contributed by atoms with Gasteiger partial charge in [0.25, 0.3) is 11.8 Å². The summed E-state index contributed by atoms with van der Waals surface area (Å²) < 4.78 is 0. The maximum atomic E-state index is 12.6. The van der Waals surface area contributed by atoms with Crippen LogP contribution in [0.4, 0.5) is 4.79 Å². The molecule has 0 aromatic carbocycles. The number of nitrogens with one attached hydrogen (secondary N) is 1. The molecule has 5 nitrogen and oxygen atoms in total. The van der Waals surface area contributed by atoms with Crippen LogP contribution >= 0.6 is 11.3 Å². The Morgan fingerprint density at radius 3 is 2.62 bits per heavy atom. The molecule has 0 radical (unpaired) electrons. The quantitative estimate of drug-likeness (QED) is 0.674. The molecular weight excluding hydrogens is 288 g/mol. The fourth-order valence-electron chi connectivity index (χ4n) is 2.86. The van der Waals surface area contributed by atoms with Crippen molar-refractivity contribution in [3.63, 3.8) is 0 Å². The molecule has 2 fully saturated rings. The highest BCUT2D eigenvalue weighted by atomic mass is 32.1. The molecule has 1 saturated heterocycles. The van der Waals surface area contributed by atoms with Gasteiger partial charge >= 0.3 is 6.03 Å². The smallest absolute Gasteiger partial charge is 0.273 e. The van der Waals surface area contributed by atoms with E-state index in [2.05, 4.69) is 5.32 Å². The van der Waals surface area contributed by atoms with E-state index in [1.807, 2.05) is 17.5 Å². The highest BCUT2D eigenvalue weighted by Crippen LogP contribution is 2.26. The molecule has 4 amide bonds. The number of thiophene rings is 1. The first-order chi connectivity index (χ1) is 10.2. The molecule has 0 spiro atoms. The van der Waals surface area contributed by atoms with Crippen molar-refractivity contribution >= 4 is 35.3 Å². The Morgan fingerprint density at radius 1 is 1.19 bits per heavy atom. The van der Waals surface area contributed by atoms with Crippen LogP contribution in [-0.2, 0) is 9.59 Å². The van der Waals surface area contributed by atoms with Crippen molar-refractivity contribution in [3.8, 4) is 0 Å². The summed E-state index contributed by atoms with van der Waals surface area (Å²) in [5.74, 6) is -1.07. The number of imide groups is 2. The van der Waals surface area contributed by atoms with Crippen LogP contribution in [0.3, 0.4) is 0 Å². The summed E-state index contributed by atoms with van der Waals surface area (Å²) in [5.41, 5.74) is 0.0441. The lowest BCUT2D eigenvalue weighted by Gasteiger charge is -2.35. The zero-order valence-corrected chi connectivity index (χ0v) is 12.3. The van der Waals surface area contributed by atoms with Gasteiger partial charge in [-0.25, -0.2) is 4.79 Å². The van der Waals surface area contributed by atoms with E-state index >= 15 is 0 Å². The van der Waals surface area contributed by atoms with Crippen LogP contribution in [0, 0.1) is 0 Å². The van der Waals surface area contributed by atoms with Gasteiger partial charge in [-0.1, -0.05) is 25.3 Å². The first-order valence-electron chi connectivity index (χ1n) is 7.11. The largest absolute Gasteiger partial charge is 0.331 e. The van der Waals surface area contributed by atoms with Crippen molar-refractivity contribution in [1.29, 1.82) is 0 Å². The molecule has 1 N–H and O–H groups in total. The summed E-state index contributed by atoms with van der Waals surface area (Å²) in [5, 5.41) is 4.16. The Bertz CT molecular complexity index is 600. The summed E-state index contributed by atoms with van der Waals surface area (Å²) in [6.07, 6.45) is 6.36. The third-order valence-electron chi connectivity index (χ3n) is 3.90. The van der Waals surface area contributed by atoms with Crippen LogP contribution in [0.5, 0.6) is 0 Å². The monoisotopic (exact) mass is 304 g/mol. The van der Waals surface area contributed by atoms with Crippen molar-refractivity contribution in [2.24, 2.45) is 0 Å². The van der Waals surface area contributed by atoms with Gasteiger partial charge in [-0.15, -0.1) is 11.3 Å². The summed E-state index contributed by atoms with van der Waals surface area (Å²) in [6, 6.07) is 3.01. The molecule has 2 aliphatic rings. The molecular formula is C15H16N2O3S. The average molecular weight is 304 g/mol. The van der Waals surface area contributed by atoms with Gasteiger partial charge in [-0.05, 0) is 30.4 Å². The van der Waals surface area contributed by atoms with Gasteiger partial charge in [0.15, 0.2) is 0 Å². The predicted molar refractivity (Wildman–Crippen MR) is 79.6 cm³/mol. The van der Waals surface area contributed by atoms with E-state index in [9.17, 15) is 14.4 Å². The minimum Gasteiger partial charge on any atom is -0.273 e. The number of barbiturate groups is 1. The van der Waals surface area contributed by atoms with Crippen LogP contribution < -0.4 is 5.32 Å². The maximum absolute atomic E-state index is 12.6. The Morgan fingerprint density at radius 2 is 1.95 bits per heavy atom. The number of carbonyl (C=O) groups is 3. The van der Waals surface area contributed by atoms with Crippen LogP contribution in [0.25, 0.3) is 6.08 Å². The third-order valence-corrected chi connectivity index (χ3v) is 4.72. The molecule has 1 aromatic rings. The minimum absolute atomic E-state index is 0.0441. The van der Waals surface area contributed by atoms with Crippen LogP contribution in [-0.4, -0.2) is 28.8 Å². The molecule has 6 heteroatoms. The number of rotatable bonds is 2. The number of amides is 4. The van der Waals surface area contributed by atoms with E-state index < -0.39 is 17.8 Å². The summed E-state index contributed by atoms with van der Waals surface area (Å²) in [4.78, 5) is 38.6. The fourth-order valence-corrected chi connectivity index (χ4v) is 3.51. The zero-order valence-electron chi connectivity index (χ0n) is 11.5. The van der Waals surface area contributed by atoms with Gasteiger partial charge in [0.2, 0.25) is 0 Å². The summed E-state index contributed by atoms with van der Waals surface area (Å²) >= 11 is 1.45. The molecule has 0 atom stereocenters. The second kappa shape index (κ2) is 5.81. The number of hydrogen-bond acceptors (Lipinski definition) is 4. The number of carbonyl (C=O) groups excluding carboxylic acids is 3. The first kappa shape index (κ1) is 14.0. The van der Waals surface area contributed by atoms with Gasteiger partial charge in [-0.3, -0.25) is 19.8 Å². The van der Waals surface area contributed by atoms with Gasteiger partial charge in [0.1, 0.15) is 5.57 Å². The molecule has 1 aliphatic carbocycles. The fraction of sp³-hybridized carbons (Fsp3) is 0.400. The van der Waals surface area contributed by atoms with Crippen LogP contribution in [0.15, 0.2) is 23.1 Å². The molecule has 21 heavy (non-hydrogen) atoms. The topological polar surface area (TPSA) is 66.5 Å². The molecule has 1 saturated carbocycles. The summed E-state index contributed by atoms with van der Waals surface area (Å²) in [7, 11) is 0. The summed E-state index contributed by atoms with van der Waals surface area (Å²) in [6.45, 7) is 0. The van der Waals surface area contributed by atoms with E-state index in [4.69, 9.17) is 0 Å². The molecule has 0 unspecified atom stereocenters. The second-order valence-corrected chi connectivity index (χ2v) is 6.28. The maximum Gasteiger partial charge on any atom is 0.331 e. The zero-order chi connectivity index (χ0) is 14.8. The van der Waals surface area contributed by atoms with Crippen molar-refractivity contribution in [3.05, 3.63) is 28.0 Å². The molecule has 0 bridgehead atoms.